The van der Waals surface area contributed by atoms with E-state index < -0.39 is 0 Å². The molecule has 0 unspecified atom stereocenters. The van der Waals surface area contributed by atoms with Gasteiger partial charge in [-0.25, -0.2) is 9.97 Å². The third kappa shape index (κ3) is 2.19. The number of hydrogen-bond acceptors (Lipinski definition) is 4. The lowest BCUT2D eigenvalue weighted by Crippen LogP contribution is -2.25. The first-order chi connectivity index (χ1) is 7.31. The highest BCUT2D eigenvalue weighted by molar-refractivity contribution is 5.47. The van der Waals surface area contributed by atoms with E-state index in [2.05, 4.69) is 15.3 Å². The van der Waals surface area contributed by atoms with Gasteiger partial charge in [0.1, 0.15) is 18.2 Å². The van der Waals surface area contributed by atoms with E-state index in [1.165, 1.54) is 6.42 Å². The lowest BCUT2D eigenvalue weighted by atomic mass is 9.96. The summed E-state index contributed by atoms with van der Waals surface area (Å²) in [6.07, 6.45) is 5.50. The highest BCUT2D eigenvalue weighted by atomic mass is 16.5. The minimum absolute atomic E-state index is 0.369. The minimum atomic E-state index is 0.369. The Morgan fingerprint density at radius 2 is 2.27 bits per heavy atom. The number of anilines is 1. The van der Waals surface area contributed by atoms with Crippen molar-refractivity contribution < 1.29 is 4.74 Å². The van der Waals surface area contributed by atoms with Crippen molar-refractivity contribution in [1.82, 2.24) is 9.97 Å². The zero-order valence-corrected chi connectivity index (χ0v) is 9.29. The topological polar surface area (TPSA) is 47.0 Å². The molecule has 1 aliphatic rings. The van der Waals surface area contributed by atoms with Crippen molar-refractivity contribution in [2.45, 2.75) is 39.2 Å². The van der Waals surface area contributed by atoms with Gasteiger partial charge in [-0.05, 0) is 33.1 Å². The molecule has 0 spiro atoms. The molecule has 1 fully saturated rings. The number of aromatic nitrogens is 2. The first-order valence-electron chi connectivity index (χ1n) is 5.53. The molecule has 1 aliphatic carbocycles. The maximum Gasteiger partial charge on any atom is 0.221 e. The molecule has 1 aromatic heterocycles. The summed E-state index contributed by atoms with van der Waals surface area (Å²) in [6, 6.07) is 0. The minimum Gasteiger partial charge on any atom is -0.474 e. The molecule has 0 amide bonds. The molecule has 0 bridgehead atoms. The van der Waals surface area contributed by atoms with E-state index >= 15 is 0 Å². The molecule has 15 heavy (non-hydrogen) atoms. The Morgan fingerprint density at radius 1 is 1.47 bits per heavy atom. The normalized spacial score (nSPS) is 15.9. The van der Waals surface area contributed by atoms with Gasteiger partial charge in [0.15, 0.2) is 0 Å². The molecular formula is C11H17N3O. The predicted molar refractivity (Wildman–Crippen MR) is 59.2 cm³/mol. The van der Waals surface area contributed by atoms with Crippen LogP contribution in [0.3, 0.4) is 0 Å². The van der Waals surface area contributed by atoms with Gasteiger partial charge in [-0.1, -0.05) is 0 Å². The van der Waals surface area contributed by atoms with Crippen LogP contribution in [0.4, 0.5) is 5.82 Å². The fourth-order valence-corrected chi connectivity index (χ4v) is 1.54. The maximum atomic E-state index is 5.78. The predicted octanol–water partition coefficient (Wildman–Crippen LogP) is 2.15. The van der Waals surface area contributed by atoms with Crippen LogP contribution >= 0.6 is 0 Å². The van der Waals surface area contributed by atoms with Gasteiger partial charge in [-0.2, -0.15) is 0 Å². The summed E-state index contributed by atoms with van der Waals surface area (Å²) in [4.78, 5) is 8.35. The molecule has 82 valence electrons. The summed E-state index contributed by atoms with van der Waals surface area (Å²) in [5.41, 5.74) is 1.01. The van der Waals surface area contributed by atoms with Crippen LogP contribution < -0.4 is 10.1 Å². The second-order valence-corrected chi connectivity index (χ2v) is 3.85. The molecule has 0 saturated heterocycles. The van der Waals surface area contributed by atoms with E-state index in [0.717, 1.165) is 36.6 Å². The van der Waals surface area contributed by atoms with Gasteiger partial charge < -0.3 is 10.1 Å². The average Bonchev–Trinajstić information content (AvgIpc) is 2.17. The van der Waals surface area contributed by atoms with Crippen LogP contribution in [0.1, 0.15) is 31.7 Å². The molecule has 2 rings (SSSR count). The van der Waals surface area contributed by atoms with Crippen LogP contribution in [0.15, 0.2) is 6.33 Å². The smallest absolute Gasteiger partial charge is 0.221 e. The molecule has 1 heterocycles. The highest BCUT2D eigenvalue weighted by Gasteiger charge is 2.21. The largest absolute Gasteiger partial charge is 0.474 e. The van der Waals surface area contributed by atoms with Crippen LogP contribution in [0.25, 0.3) is 0 Å². The Hall–Kier alpha value is -1.32. The molecular weight excluding hydrogens is 190 g/mol. The fourth-order valence-electron chi connectivity index (χ4n) is 1.54. The van der Waals surface area contributed by atoms with Crippen molar-refractivity contribution in [2.75, 3.05) is 11.9 Å². The number of nitrogens with one attached hydrogen (secondary N) is 1. The Morgan fingerprint density at radius 3 is 2.87 bits per heavy atom. The summed E-state index contributed by atoms with van der Waals surface area (Å²) >= 11 is 0. The van der Waals surface area contributed by atoms with Crippen LogP contribution in [-0.2, 0) is 0 Å². The van der Waals surface area contributed by atoms with Gasteiger partial charge in [0.25, 0.3) is 0 Å². The second-order valence-electron chi connectivity index (χ2n) is 3.85. The molecule has 4 heteroatoms. The molecule has 0 aliphatic heterocycles. The van der Waals surface area contributed by atoms with Crippen LogP contribution in [0.5, 0.6) is 5.88 Å². The molecule has 4 nitrogen and oxygen atoms in total. The summed E-state index contributed by atoms with van der Waals surface area (Å²) in [7, 11) is 0. The van der Waals surface area contributed by atoms with Gasteiger partial charge >= 0.3 is 0 Å². The molecule has 0 atom stereocenters. The van der Waals surface area contributed by atoms with Gasteiger partial charge in [-0.3, -0.25) is 0 Å². The molecule has 1 saturated carbocycles. The van der Waals surface area contributed by atoms with Crippen molar-refractivity contribution in [3.8, 4) is 5.88 Å². The number of nitrogens with zero attached hydrogens (tertiary/aromatic N) is 2. The quantitative estimate of drug-likeness (QED) is 0.821. The van der Waals surface area contributed by atoms with E-state index in [1.54, 1.807) is 6.33 Å². The number of ether oxygens (including phenoxy) is 1. The van der Waals surface area contributed by atoms with Gasteiger partial charge in [0.2, 0.25) is 5.88 Å². The van der Waals surface area contributed by atoms with E-state index in [0.29, 0.717) is 6.10 Å². The number of hydrogen-bond donors (Lipinski definition) is 1. The van der Waals surface area contributed by atoms with Crippen molar-refractivity contribution in [3.63, 3.8) is 0 Å². The summed E-state index contributed by atoms with van der Waals surface area (Å²) < 4.78 is 5.78. The summed E-state index contributed by atoms with van der Waals surface area (Å²) in [6.45, 7) is 4.90. The monoisotopic (exact) mass is 207 g/mol. The third-order valence-electron chi connectivity index (χ3n) is 2.71. The Kier molecular flexibility index (Phi) is 3.04. The Balaban J connectivity index is 2.11. The third-order valence-corrected chi connectivity index (χ3v) is 2.71. The lowest BCUT2D eigenvalue weighted by molar-refractivity contribution is 0.113. The highest BCUT2D eigenvalue weighted by Crippen LogP contribution is 2.27. The van der Waals surface area contributed by atoms with Crippen molar-refractivity contribution in [2.24, 2.45) is 0 Å². The van der Waals surface area contributed by atoms with Crippen molar-refractivity contribution in [1.29, 1.82) is 0 Å². The SMILES string of the molecule is CCNc1ncnc(OC2CCC2)c1C. The molecule has 1 aromatic rings. The Bertz CT molecular complexity index is 337. The van der Waals surface area contributed by atoms with Crippen molar-refractivity contribution >= 4 is 5.82 Å². The Labute approximate surface area is 90.1 Å². The van der Waals surface area contributed by atoms with Gasteiger partial charge in [0, 0.05) is 6.54 Å². The summed E-state index contributed by atoms with van der Waals surface area (Å²) in [5.74, 6) is 1.60. The summed E-state index contributed by atoms with van der Waals surface area (Å²) in [5, 5.41) is 3.19. The molecule has 0 radical (unpaired) electrons. The van der Waals surface area contributed by atoms with Gasteiger partial charge in [-0.15, -0.1) is 0 Å². The maximum absolute atomic E-state index is 5.78. The zero-order valence-electron chi connectivity index (χ0n) is 9.29. The second kappa shape index (κ2) is 4.47. The van der Waals surface area contributed by atoms with Crippen LogP contribution in [0, 0.1) is 6.92 Å². The average molecular weight is 207 g/mol. The fraction of sp³-hybridized carbons (Fsp3) is 0.636. The van der Waals surface area contributed by atoms with E-state index in [9.17, 15) is 0 Å². The van der Waals surface area contributed by atoms with Gasteiger partial charge in [0.05, 0.1) is 5.56 Å². The lowest BCUT2D eigenvalue weighted by Gasteiger charge is -2.26. The van der Waals surface area contributed by atoms with E-state index in [-0.39, 0.29) is 0 Å². The molecule has 0 aromatic carbocycles. The van der Waals surface area contributed by atoms with Crippen molar-refractivity contribution in [3.05, 3.63) is 11.9 Å². The van der Waals surface area contributed by atoms with E-state index in [4.69, 9.17) is 4.74 Å². The first kappa shape index (κ1) is 10.2. The first-order valence-corrected chi connectivity index (χ1v) is 5.53. The van der Waals surface area contributed by atoms with Crippen LogP contribution in [0.2, 0.25) is 0 Å². The standard InChI is InChI=1S/C11H17N3O/c1-3-12-10-8(2)11(14-7-13-10)15-9-5-4-6-9/h7,9H,3-6H2,1-2H3,(H,12,13,14). The van der Waals surface area contributed by atoms with Crippen LogP contribution in [-0.4, -0.2) is 22.6 Å². The van der Waals surface area contributed by atoms with E-state index in [1.807, 2.05) is 13.8 Å². The zero-order chi connectivity index (χ0) is 10.7. The molecule has 1 N–H and O–H groups in total. The number of rotatable bonds is 4.